The number of carbonyl (C=O) groups excluding carboxylic acids is 2. The van der Waals surface area contributed by atoms with Crippen molar-refractivity contribution in [2.75, 3.05) is 18.4 Å². The lowest BCUT2D eigenvalue weighted by Gasteiger charge is -2.30. The van der Waals surface area contributed by atoms with Crippen molar-refractivity contribution in [3.8, 4) is 0 Å². The van der Waals surface area contributed by atoms with Crippen LogP contribution in [0, 0.1) is 5.92 Å². The number of halogens is 3. The van der Waals surface area contributed by atoms with E-state index >= 15 is 0 Å². The molecule has 2 aromatic rings. The summed E-state index contributed by atoms with van der Waals surface area (Å²) in [6, 6.07) is 10.9. The Labute approximate surface area is 161 Å². The summed E-state index contributed by atoms with van der Waals surface area (Å²) in [5.74, 6) is -0.286. The van der Waals surface area contributed by atoms with Crippen molar-refractivity contribution in [2.45, 2.75) is 25.9 Å². The second-order valence-electron chi connectivity index (χ2n) is 7.05. The molecule has 0 aromatic heterocycles. The molecule has 7 heteroatoms. The highest BCUT2D eigenvalue weighted by atomic mass is 19.4. The Kier molecular flexibility index (Phi) is 5.72. The van der Waals surface area contributed by atoms with Crippen molar-refractivity contribution in [3.05, 3.63) is 65.2 Å². The monoisotopic (exact) mass is 390 g/mol. The molecule has 0 aliphatic carbocycles. The van der Waals surface area contributed by atoms with Gasteiger partial charge in [-0.2, -0.15) is 13.2 Å². The quantitative estimate of drug-likeness (QED) is 0.816. The number of nitrogens with zero attached hydrogens (tertiary/aromatic N) is 1. The van der Waals surface area contributed by atoms with Crippen molar-refractivity contribution in [2.24, 2.45) is 5.92 Å². The van der Waals surface area contributed by atoms with E-state index in [0.29, 0.717) is 24.6 Å². The number of benzene rings is 2. The largest absolute Gasteiger partial charge is 0.418 e. The number of hydrogen-bond acceptors (Lipinski definition) is 2. The van der Waals surface area contributed by atoms with Gasteiger partial charge in [0.05, 0.1) is 11.3 Å². The van der Waals surface area contributed by atoms with E-state index in [2.05, 4.69) is 12.2 Å². The molecule has 1 saturated heterocycles. The van der Waals surface area contributed by atoms with Crippen molar-refractivity contribution < 1.29 is 22.8 Å². The molecule has 4 nitrogen and oxygen atoms in total. The van der Waals surface area contributed by atoms with E-state index in [1.165, 1.54) is 30.3 Å². The van der Waals surface area contributed by atoms with Gasteiger partial charge in [-0.1, -0.05) is 25.1 Å². The van der Waals surface area contributed by atoms with Gasteiger partial charge in [0.15, 0.2) is 0 Å². The minimum atomic E-state index is -4.58. The molecule has 0 atom stereocenters. The molecule has 1 heterocycles. The summed E-state index contributed by atoms with van der Waals surface area (Å²) in [7, 11) is 0. The summed E-state index contributed by atoms with van der Waals surface area (Å²) >= 11 is 0. The van der Waals surface area contributed by atoms with Gasteiger partial charge in [-0.25, -0.2) is 0 Å². The Morgan fingerprint density at radius 2 is 1.64 bits per heavy atom. The number of amides is 2. The fourth-order valence-corrected chi connectivity index (χ4v) is 3.22. The first-order chi connectivity index (χ1) is 13.3. The number of hydrogen-bond donors (Lipinski definition) is 1. The molecule has 0 saturated carbocycles. The van der Waals surface area contributed by atoms with Crippen LogP contribution in [-0.4, -0.2) is 29.8 Å². The van der Waals surface area contributed by atoms with E-state index in [1.807, 2.05) is 0 Å². The van der Waals surface area contributed by atoms with Crippen molar-refractivity contribution >= 4 is 17.5 Å². The first kappa shape index (κ1) is 19.9. The van der Waals surface area contributed by atoms with E-state index in [1.54, 1.807) is 17.0 Å². The zero-order valence-corrected chi connectivity index (χ0v) is 15.4. The summed E-state index contributed by atoms with van der Waals surface area (Å²) in [4.78, 5) is 26.9. The smallest absolute Gasteiger partial charge is 0.339 e. The zero-order valence-electron chi connectivity index (χ0n) is 15.4. The maximum absolute atomic E-state index is 13.1. The third-order valence-corrected chi connectivity index (χ3v) is 4.92. The first-order valence-electron chi connectivity index (χ1n) is 9.12. The number of nitrogens with one attached hydrogen (secondary N) is 1. The van der Waals surface area contributed by atoms with E-state index in [0.717, 1.165) is 18.9 Å². The highest BCUT2D eigenvalue weighted by molar-refractivity contribution is 6.06. The topological polar surface area (TPSA) is 49.4 Å². The van der Waals surface area contributed by atoms with Gasteiger partial charge < -0.3 is 10.2 Å². The lowest BCUT2D eigenvalue weighted by Crippen LogP contribution is -2.38. The molecule has 2 amide bonds. The van der Waals surface area contributed by atoms with E-state index < -0.39 is 17.6 Å². The van der Waals surface area contributed by atoms with Crippen LogP contribution in [-0.2, 0) is 6.18 Å². The van der Waals surface area contributed by atoms with Crippen molar-refractivity contribution in [1.82, 2.24) is 4.90 Å². The maximum atomic E-state index is 13.1. The Morgan fingerprint density at radius 3 is 2.32 bits per heavy atom. The van der Waals surface area contributed by atoms with Crippen LogP contribution in [0.1, 0.15) is 46.0 Å². The minimum absolute atomic E-state index is 0.133. The Balaban J connectivity index is 1.77. The molecule has 1 aliphatic rings. The van der Waals surface area contributed by atoms with Crippen LogP contribution in [0.25, 0.3) is 0 Å². The Morgan fingerprint density at radius 1 is 1.00 bits per heavy atom. The third kappa shape index (κ3) is 4.52. The van der Waals surface area contributed by atoms with Crippen LogP contribution < -0.4 is 5.32 Å². The molecule has 2 aromatic carbocycles. The van der Waals surface area contributed by atoms with Crippen LogP contribution in [0.3, 0.4) is 0 Å². The van der Waals surface area contributed by atoms with Crippen LogP contribution in [0.2, 0.25) is 0 Å². The summed E-state index contributed by atoms with van der Waals surface area (Å²) in [5.41, 5.74) is -0.751. The number of carbonyl (C=O) groups is 2. The second-order valence-corrected chi connectivity index (χ2v) is 7.05. The fraction of sp³-hybridized carbons (Fsp3) is 0.333. The molecular weight excluding hydrogens is 369 g/mol. The molecule has 0 spiro atoms. The van der Waals surface area contributed by atoms with Gasteiger partial charge in [0, 0.05) is 24.2 Å². The molecule has 3 rings (SSSR count). The molecule has 148 valence electrons. The van der Waals surface area contributed by atoms with E-state index in [-0.39, 0.29) is 17.2 Å². The van der Waals surface area contributed by atoms with Gasteiger partial charge >= 0.3 is 6.18 Å². The molecule has 0 bridgehead atoms. The minimum Gasteiger partial charge on any atom is -0.339 e. The average Bonchev–Trinajstić information content (AvgIpc) is 2.68. The predicted molar refractivity (Wildman–Crippen MR) is 100 cm³/mol. The van der Waals surface area contributed by atoms with Crippen LogP contribution in [0.15, 0.2) is 48.5 Å². The Hall–Kier alpha value is -2.83. The predicted octanol–water partition coefficient (Wildman–Crippen LogP) is 4.83. The third-order valence-electron chi connectivity index (χ3n) is 4.92. The number of para-hydroxylation sites is 1. The van der Waals surface area contributed by atoms with Gasteiger partial charge in [0.1, 0.15) is 0 Å². The first-order valence-corrected chi connectivity index (χ1v) is 9.12. The molecule has 0 radical (unpaired) electrons. The second kappa shape index (κ2) is 8.04. The average molecular weight is 390 g/mol. The van der Waals surface area contributed by atoms with Crippen molar-refractivity contribution in [1.29, 1.82) is 0 Å². The molecule has 1 fully saturated rings. The SMILES string of the molecule is CC1CCN(C(=O)c2cccc(C(=O)Nc3ccccc3C(F)(F)F)c2)CC1. The lowest BCUT2D eigenvalue weighted by atomic mass is 9.98. The number of likely N-dealkylation sites (tertiary alicyclic amines) is 1. The van der Waals surface area contributed by atoms with Gasteiger partial charge in [-0.3, -0.25) is 9.59 Å². The van der Waals surface area contributed by atoms with E-state index in [9.17, 15) is 22.8 Å². The van der Waals surface area contributed by atoms with Gasteiger partial charge in [-0.15, -0.1) is 0 Å². The highest BCUT2D eigenvalue weighted by Crippen LogP contribution is 2.34. The summed E-state index contributed by atoms with van der Waals surface area (Å²) in [6.07, 6.45) is -2.71. The van der Waals surface area contributed by atoms with Gasteiger partial charge in [0.25, 0.3) is 11.8 Å². The molecule has 0 unspecified atom stereocenters. The van der Waals surface area contributed by atoms with Crippen LogP contribution in [0.4, 0.5) is 18.9 Å². The number of alkyl halides is 3. The summed E-state index contributed by atoms with van der Waals surface area (Å²) < 4.78 is 39.3. The van der Waals surface area contributed by atoms with Crippen molar-refractivity contribution in [3.63, 3.8) is 0 Å². The zero-order chi connectivity index (χ0) is 20.3. The lowest BCUT2D eigenvalue weighted by molar-refractivity contribution is -0.136. The fourth-order valence-electron chi connectivity index (χ4n) is 3.22. The highest BCUT2D eigenvalue weighted by Gasteiger charge is 2.33. The van der Waals surface area contributed by atoms with Crippen LogP contribution >= 0.6 is 0 Å². The molecule has 1 aliphatic heterocycles. The molecule has 1 N–H and O–H groups in total. The molecule has 28 heavy (non-hydrogen) atoms. The number of rotatable bonds is 3. The summed E-state index contributed by atoms with van der Waals surface area (Å²) in [6.45, 7) is 3.47. The maximum Gasteiger partial charge on any atom is 0.418 e. The number of anilines is 1. The van der Waals surface area contributed by atoms with Gasteiger partial charge in [0.2, 0.25) is 0 Å². The van der Waals surface area contributed by atoms with E-state index in [4.69, 9.17) is 0 Å². The molecular formula is C21H21F3N2O2. The summed E-state index contributed by atoms with van der Waals surface area (Å²) in [5, 5.41) is 2.30. The van der Waals surface area contributed by atoms with Gasteiger partial charge in [-0.05, 0) is 49.1 Å². The van der Waals surface area contributed by atoms with Crippen LogP contribution in [0.5, 0.6) is 0 Å². The number of piperidine rings is 1. The Bertz CT molecular complexity index is 872. The normalized spacial score (nSPS) is 15.4. The standard InChI is InChI=1S/C21H21F3N2O2/c1-14-9-11-26(12-10-14)20(28)16-6-4-5-15(13-16)19(27)25-18-8-3-2-7-17(18)21(22,23)24/h2-8,13-14H,9-12H2,1H3,(H,25,27).